The molecule has 5 nitrogen and oxygen atoms in total. The summed E-state index contributed by atoms with van der Waals surface area (Å²) in [4.78, 5) is 17.2. The Balaban J connectivity index is 1.54. The van der Waals surface area contributed by atoms with E-state index in [1.54, 1.807) is 23.0 Å². The maximum absolute atomic E-state index is 12.6. The van der Waals surface area contributed by atoms with Crippen molar-refractivity contribution in [3.05, 3.63) is 83.0 Å². The first-order valence-corrected chi connectivity index (χ1v) is 9.43. The van der Waals surface area contributed by atoms with Crippen molar-refractivity contribution in [2.45, 2.75) is 13.8 Å². The molecule has 0 aliphatic rings. The maximum atomic E-state index is 12.6. The molecule has 6 heteroatoms. The first-order chi connectivity index (χ1) is 13.1. The van der Waals surface area contributed by atoms with Crippen LogP contribution in [-0.4, -0.2) is 20.7 Å². The van der Waals surface area contributed by atoms with Crippen LogP contribution in [0.3, 0.4) is 0 Å². The van der Waals surface area contributed by atoms with E-state index in [0.29, 0.717) is 10.7 Å². The number of carbonyl (C=O) groups is 1. The molecule has 0 spiro atoms. The van der Waals surface area contributed by atoms with Gasteiger partial charge in [0.2, 0.25) is 0 Å². The highest BCUT2D eigenvalue weighted by molar-refractivity contribution is 7.14. The second kappa shape index (κ2) is 7.17. The fourth-order valence-corrected chi connectivity index (χ4v) is 3.64. The van der Waals surface area contributed by atoms with Crippen molar-refractivity contribution in [1.82, 2.24) is 14.8 Å². The van der Waals surface area contributed by atoms with Gasteiger partial charge in [-0.2, -0.15) is 5.10 Å². The summed E-state index contributed by atoms with van der Waals surface area (Å²) in [6.45, 7) is 4.14. The van der Waals surface area contributed by atoms with Gasteiger partial charge in [-0.3, -0.25) is 10.1 Å². The zero-order valence-electron chi connectivity index (χ0n) is 15.0. The number of benzene rings is 2. The van der Waals surface area contributed by atoms with E-state index in [4.69, 9.17) is 0 Å². The van der Waals surface area contributed by atoms with Crippen LogP contribution >= 0.6 is 11.3 Å². The summed E-state index contributed by atoms with van der Waals surface area (Å²) in [5, 5.41) is 9.64. The third-order valence-electron chi connectivity index (χ3n) is 4.26. The molecule has 2 aromatic carbocycles. The highest BCUT2D eigenvalue weighted by Crippen LogP contribution is 2.28. The van der Waals surface area contributed by atoms with Gasteiger partial charge < -0.3 is 0 Å². The zero-order chi connectivity index (χ0) is 18.8. The van der Waals surface area contributed by atoms with Crippen LogP contribution in [0.2, 0.25) is 0 Å². The molecule has 2 aromatic heterocycles. The molecule has 0 atom stereocenters. The number of hydrogen-bond acceptors (Lipinski definition) is 4. The van der Waals surface area contributed by atoms with Crippen molar-refractivity contribution >= 4 is 22.4 Å². The Kier molecular flexibility index (Phi) is 4.56. The van der Waals surface area contributed by atoms with Gasteiger partial charge in [-0.05, 0) is 43.7 Å². The number of nitrogens with zero attached hydrogens (tertiary/aromatic N) is 3. The number of aryl methyl sites for hydroxylation is 2. The van der Waals surface area contributed by atoms with E-state index in [1.807, 2.05) is 29.8 Å². The first-order valence-electron chi connectivity index (χ1n) is 8.55. The Morgan fingerprint density at radius 3 is 2.78 bits per heavy atom. The number of anilines is 1. The van der Waals surface area contributed by atoms with E-state index in [1.165, 1.54) is 22.5 Å². The average molecular weight is 374 g/mol. The quantitative estimate of drug-likeness (QED) is 0.555. The van der Waals surface area contributed by atoms with Crippen molar-refractivity contribution in [1.29, 1.82) is 0 Å². The van der Waals surface area contributed by atoms with Crippen LogP contribution in [-0.2, 0) is 0 Å². The highest BCUT2D eigenvalue weighted by Gasteiger charge is 2.12. The van der Waals surface area contributed by atoms with Crippen LogP contribution in [0.4, 0.5) is 5.13 Å². The van der Waals surface area contributed by atoms with Gasteiger partial charge in [-0.15, -0.1) is 11.3 Å². The van der Waals surface area contributed by atoms with E-state index in [9.17, 15) is 4.79 Å². The van der Waals surface area contributed by atoms with Crippen LogP contribution < -0.4 is 5.32 Å². The maximum Gasteiger partial charge on any atom is 0.257 e. The molecule has 134 valence electrons. The summed E-state index contributed by atoms with van der Waals surface area (Å²) in [5.74, 6) is -0.189. The van der Waals surface area contributed by atoms with Gasteiger partial charge in [-0.1, -0.05) is 29.8 Å². The second-order valence-electron chi connectivity index (χ2n) is 6.31. The number of amides is 1. The van der Waals surface area contributed by atoms with Crippen molar-refractivity contribution in [3.8, 4) is 16.9 Å². The van der Waals surface area contributed by atoms with Gasteiger partial charge >= 0.3 is 0 Å². The summed E-state index contributed by atoms with van der Waals surface area (Å²) in [6.07, 6.45) is 3.55. The van der Waals surface area contributed by atoms with Crippen LogP contribution in [0.25, 0.3) is 16.9 Å². The van der Waals surface area contributed by atoms with Gasteiger partial charge in [0, 0.05) is 28.9 Å². The summed E-state index contributed by atoms with van der Waals surface area (Å²) in [5.41, 5.74) is 5.74. The third kappa shape index (κ3) is 3.66. The van der Waals surface area contributed by atoms with E-state index in [2.05, 4.69) is 47.4 Å². The summed E-state index contributed by atoms with van der Waals surface area (Å²) >= 11 is 1.42. The normalized spacial score (nSPS) is 10.7. The topological polar surface area (TPSA) is 59.8 Å². The van der Waals surface area contributed by atoms with E-state index in [0.717, 1.165) is 16.9 Å². The number of thiazole rings is 1. The molecule has 0 saturated carbocycles. The van der Waals surface area contributed by atoms with Crippen molar-refractivity contribution in [2.75, 3.05) is 5.32 Å². The highest BCUT2D eigenvalue weighted by atomic mass is 32.1. The lowest BCUT2D eigenvalue weighted by Crippen LogP contribution is -2.12. The van der Waals surface area contributed by atoms with Crippen LogP contribution in [0.15, 0.2) is 66.3 Å². The fourth-order valence-electron chi connectivity index (χ4n) is 2.94. The minimum absolute atomic E-state index is 0.189. The zero-order valence-corrected chi connectivity index (χ0v) is 15.8. The molecule has 1 amide bonds. The van der Waals surface area contributed by atoms with Gasteiger partial charge in [-0.25, -0.2) is 9.67 Å². The molecule has 0 saturated heterocycles. The monoisotopic (exact) mass is 374 g/mol. The van der Waals surface area contributed by atoms with Crippen LogP contribution in [0.5, 0.6) is 0 Å². The Hall–Kier alpha value is -3.25. The fraction of sp³-hybridized carbons (Fsp3) is 0.0952. The van der Waals surface area contributed by atoms with Gasteiger partial charge in [0.1, 0.15) is 0 Å². The molecule has 2 heterocycles. The SMILES string of the molecule is Cc1ccc(-c2csc(NC(=O)c3cccc(-n4cccn4)c3)n2)c(C)c1. The van der Waals surface area contributed by atoms with Crippen LogP contribution in [0, 0.1) is 13.8 Å². The molecular formula is C21H18N4OS. The minimum Gasteiger partial charge on any atom is -0.298 e. The number of hydrogen-bond donors (Lipinski definition) is 1. The number of nitrogens with one attached hydrogen (secondary N) is 1. The second-order valence-corrected chi connectivity index (χ2v) is 7.17. The van der Waals surface area contributed by atoms with E-state index >= 15 is 0 Å². The molecule has 0 aliphatic heterocycles. The molecule has 27 heavy (non-hydrogen) atoms. The molecular weight excluding hydrogens is 356 g/mol. The predicted molar refractivity (Wildman–Crippen MR) is 109 cm³/mol. The summed E-state index contributed by atoms with van der Waals surface area (Å²) < 4.78 is 1.72. The van der Waals surface area contributed by atoms with E-state index in [-0.39, 0.29) is 5.91 Å². The lowest BCUT2D eigenvalue weighted by Gasteiger charge is -2.06. The summed E-state index contributed by atoms with van der Waals surface area (Å²) in [7, 11) is 0. The molecule has 0 unspecified atom stereocenters. The molecule has 4 rings (SSSR count). The molecule has 0 radical (unpaired) electrons. The largest absolute Gasteiger partial charge is 0.298 e. The van der Waals surface area contributed by atoms with Crippen molar-refractivity contribution in [3.63, 3.8) is 0 Å². The van der Waals surface area contributed by atoms with Gasteiger partial charge in [0.15, 0.2) is 5.13 Å². The Morgan fingerprint density at radius 2 is 2.00 bits per heavy atom. The van der Waals surface area contributed by atoms with Crippen molar-refractivity contribution < 1.29 is 4.79 Å². The molecule has 1 N–H and O–H groups in total. The van der Waals surface area contributed by atoms with E-state index < -0.39 is 0 Å². The number of aromatic nitrogens is 3. The summed E-state index contributed by atoms with van der Waals surface area (Å²) in [6, 6.07) is 15.5. The predicted octanol–water partition coefficient (Wildman–Crippen LogP) is 4.86. The molecule has 0 fully saturated rings. The Labute approximate surface area is 161 Å². The lowest BCUT2D eigenvalue weighted by atomic mass is 10.0. The lowest BCUT2D eigenvalue weighted by molar-refractivity contribution is 0.102. The molecule has 0 aliphatic carbocycles. The van der Waals surface area contributed by atoms with Crippen LogP contribution in [0.1, 0.15) is 21.5 Å². The number of rotatable bonds is 4. The number of carbonyl (C=O) groups excluding carboxylic acids is 1. The van der Waals surface area contributed by atoms with Crippen molar-refractivity contribution in [2.24, 2.45) is 0 Å². The van der Waals surface area contributed by atoms with Gasteiger partial charge in [0.05, 0.1) is 11.4 Å². The third-order valence-corrected chi connectivity index (χ3v) is 5.02. The van der Waals surface area contributed by atoms with Gasteiger partial charge in [0.25, 0.3) is 5.91 Å². The first kappa shape index (κ1) is 17.2. The molecule has 4 aromatic rings. The minimum atomic E-state index is -0.189. The molecule has 0 bridgehead atoms. The average Bonchev–Trinajstić information content (AvgIpc) is 3.34. The Bertz CT molecular complexity index is 1100. The standard InChI is InChI=1S/C21H18N4OS/c1-14-7-8-18(15(2)11-14)19-13-27-21(23-19)24-20(26)16-5-3-6-17(12-16)25-10-4-9-22-25/h3-13H,1-2H3,(H,23,24,26). The Morgan fingerprint density at radius 1 is 1.11 bits per heavy atom. The smallest absolute Gasteiger partial charge is 0.257 e.